The van der Waals surface area contributed by atoms with Gasteiger partial charge in [0.15, 0.2) is 0 Å². The second-order valence-corrected chi connectivity index (χ2v) is 7.92. The van der Waals surface area contributed by atoms with Gasteiger partial charge < -0.3 is 15.0 Å². The maximum Gasteiger partial charge on any atom is 0.241 e. The van der Waals surface area contributed by atoms with Gasteiger partial charge in [-0.25, -0.2) is 0 Å². The second-order valence-electron chi connectivity index (χ2n) is 7.92. The van der Waals surface area contributed by atoms with Crippen LogP contribution in [0.25, 0.3) is 0 Å². The van der Waals surface area contributed by atoms with E-state index >= 15 is 0 Å². The standard InChI is InChI=1S/C21H30N4O3/c26-20(22-14-18-5-3-13-28-18)15-23-9-11-24(12-10-23)16-21(27)25-8-7-17-4-1-2-6-19(17)25/h1-2,4,6,18H,3,5,7-16H2,(H,22,26). The van der Waals surface area contributed by atoms with Gasteiger partial charge in [-0.15, -0.1) is 0 Å². The van der Waals surface area contributed by atoms with Gasteiger partial charge in [-0.1, -0.05) is 18.2 Å². The Bertz CT molecular complexity index is 697. The number of amides is 2. The Balaban J connectivity index is 1.17. The van der Waals surface area contributed by atoms with Crippen LogP contribution in [0.2, 0.25) is 0 Å². The molecule has 0 bridgehead atoms. The van der Waals surface area contributed by atoms with Crippen LogP contribution in [0.5, 0.6) is 0 Å². The molecule has 0 aromatic heterocycles. The highest BCUT2D eigenvalue weighted by Crippen LogP contribution is 2.27. The van der Waals surface area contributed by atoms with Gasteiger partial charge in [0, 0.05) is 51.6 Å². The molecular weight excluding hydrogens is 356 g/mol. The third-order valence-electron chi connectivity index (χ3n) is 5.93. The van der Waals surface area contributed by atoms with Crippen molar-refractivity contribution in [3.8, 4) is 0 Å². The SMILES string of the molecule is O=C(CN1CCN(CC(=O)N2CCc3ccccc32)CC1)NCC1CCCO1. The number of nitrogens with one attached hydrogen (secondary N) is 1. The Labute approximate surface area is 166 Å². The quantitative estimate of drug-likeness (QED) is 0.771. The lowest BCUT2D eigenvalue weighted by Gasteiger charge is -2.34. The Morgan fingerprint density at radius 3 is 2.54 bits per heavy atom. The van der Waals surface area contributed by atoms with Gasteiger partial charge in [-0.2, -0.15) is 0 Å². The van der Waals surface area contributed by atoms with Crippen molar-refractivity contribution in [2.24, 2.45) is 0 Å². The maximum atomic E-state index is 12.7. The lowest BCUT2D eigenvalue weighted by atomic mass is 10.2. The minimum atomic E-state index is 0.0636. The van der Waals surface area contributed by atoms with E-state index in [1.54, 1.807) is 0 Å². The number of anilines is 1. The monoisotopic (exact) mass is 386 g/mol. The molecule has 1 N–H and O–H groups in total. The number of piperazine rings is 1. The van der Waals surface area contributed by atoms with E-state index in [9.17, 15) is 9.59 Å². The average Bonchev–Trinajstić information content (AvgIpc) is 3.37. The van der Waals surface area contributed by atoms with Crippen LogP contribution < -0.4 is 10.2 Å². The van der Waals surface area contributed by atoms with E-state index in [2.05, 4.69) is 21.2 Å². The molecule has 0 radical (unpaired) electrons. The topological polar surface area (TPSA) is 65.1 Å². The van der Waals surface area contributed by atoms with Gasteiger partial charge in [0.2, 0.25) is 11.8 Å². The molecule has 7 heteroatoms. The largest absolute Gasteiger partial charge is 0.376 e. The molecule has 2 amide bonds. The molecule has 0 spiro atoms. The van der Waals surface area contributed by atoms with E-state index in [0.717, 1.165) is 64.3 Å². The molecule has 3 heterocycles. The van der Waals surface area contributed by atoms with Crippen molar-refractivity contribution < 1.29 is 14.3 Å². The van der Waals surface area contributed by atoms with Crippen LogP contribution in [0.15, 0.2) is 24.3 Å². The Morgan fingerprint density at radius 2 is 1.79 bits per heavy atom. The van der Waals surface area contributed by atoms with Crippen LogP contribution in [-0.2, 0) is 20.7 Å². The van der Waals surface area contributed by atoms with E-state index in [1.165, 1.54) is 5.56 Å². The van der Waals surface area contributed by atoms with Crippen molar-refractivity contribution in [2.75, 3.05) is 63.9 Å². The number of rotatable bonds is 6. The van der Waals surface area contributed by atoms with Crippen molar-refractivity contribution in [3.63, 3.8) is 0 Å². The fraction of sp³-hybridized carbons (Fsp3) is 0.619. The van der Waals surface area contributed by atoms with Gasteiger partial charge >= 0.3 is 0 Å². The van der Waals surface area contributed by atoms with Crippen LogP contribution >= 0.6 is 0 Å². The Kier molecular flexibility index (Phi) is 6.24. The molecule has 2 fully saturated rings. The summed E-state index contributed by atoms with van der Waals surface area (Å²) < 4.78 is 5.54. The van der Waals surface area contributed by atoms with Crippen LogP contribution in [0.3, 0.4) is 0 Å². The Hall–Kier alpha value is -1.96. The number of nitrogens with zero attached hydrogens (tertiary/aromatic N) is 3. The molecule has 0 aliphatic carbocycles. The number of hydrogen-bond acceptors (Lipinski definition) is 5. The first-order chi connectivity index (χ1) is 13.7. The summed E-state index contributed by atoms with van der Waals surface area (Å²) in [6, 6.07) is 8.16. The van der Waals surface area contributed by atoms with Crippen molar-refractivity contribution in [1.82, 2.24) is 15.1 Å². The summed E-state index contributed by atoms with van der Waals surface area (Å²) in [5.41, 5.74) is 2.32. The summed E-state index contributed by atoms with van der Waals surface area (Å²) in [5, 5.41) is 2.98. The lowest BCUT2D eigenvalue weighted by Crippen LogP contribution is -2.52. The predicted octanol–water partition coefficient (Wildman–Crippen LogP) is 0.489. The number of carbonyl (C=O) groups excluding carboxylic acids is 2. The molecule has 2 saturated heterocycles. The summed E-state index contributed by atoms with van der Waals surface area (Å²) in [7, 11) is 0. The molecule has 1 aromatic carbocycles. The number of ether oxygens (including phenoxy) is 1. The van der Waals surface area contributed by atoms with Crippen LogP contribution in [0, 0.1) is 0 Å². The molecule has 3 aliphatic heterocycles. The van der Waals surface area contributed by atoms with Gasteiger partial charge in [0.05, 0.1) is 19.2 Å². The fourth-order valence-corrected chi connectivity index (χ4v) is 4.27. The average molecular weight is 386 g/mol. The summed E-state index contributed by atoms with van der Waals surface area (Å²) >= 11 is 0. The van der Waals surface area contributed by atoms with Crippen molar-refractivity contribution in [2.45, 2.75) is 25.4 Å². The number of fused-ring (bicyclic) bond motifs is 1. The van der Waals surface area contributed by atoms with Crippen LogP contribution in [-0.4, -0.2) is 86.7 Å². The molecular formula is C21H30N4O3. The van der Waals surface area contributed by atoms with E-state index < -0.39 is 0 Å². The summed E-state index contributed by atoms with van der Waals surface area (Å²) in [5.74, 6) is 0.237. The molecule has 3 aliphatic rings. The zero-order chi connectivity index (χ0) is 19.3. The number of para-hydroxylation sites is 1. The molecule has 1 atom stereocenters. The van der Waals surface area contributed by atoms with Crippen LogP contribution in [0.4, 0.5) is 5.69 Å². The number of benzene rings is 1. The highest BCUT2D eigenvalue weighted by molar-refractivity contribution is 5.96. The highest BCUT2D eigenvalue weighted by Gasteiger charge is 2.27. The lowest BCUT2D eigenvalue weighted by molar-refractivity contribution is -0.124. The normalized spacial score (nSPS) is 23.0. The molecule has 1 unspecified atom stereocenters. The van der Waals surface area contributed by atoms with Crippen molar-refractivity contribution in [3.05, 3.63) is 29.8 Å². The minimum Gasteiger partial charge on any atom is -0.376 e. The molecule has 28 heavy (non-hydrogen) atoms. The van der Waals surface area contributed by atoms with Gasteiger partial charge in [0.25, 0.3) is 0 Å². The van der Waals surface area contributed by atoms with E-state index in [-0.39, 0.29) is 17.9 Å². The van der Waals surface area contributed by atoms with E-state index in [0.29, 0.717) is 19.6 Å². The van der Waals surface area contributed by atoms with Crippen LogP contribution in [0.1, 0.15) is 18.4 Å². The molecule has 7 nitrogen and oxygen atoms in total. The number of hydrogen-bond donors (Lipinski definition) is 1. The highest BCUT2D eigenvalue weighted by atomic mass is 16.5. The third kappa shape index (κ3) is 4.71. The predicted molar refractivity (Wildman–Crippen MR) is 107 cm³/mol. The minimum absolute atomic E-state index is 0.0636. The number of carbonyl (C=O) groups is 2. The molecule has 0 saturated carbocycles. The molecule has 1 aromatic rings. The molecule has 152 valence electrons. The third-order valence-corrected chi connectivity index (χ3v) is 5.93. The maximum absolute atomic E-state index is 12.7. The van der Waals surface area contributed by atoms with Crippen molar-refractivity contribution >= 4 is 17.5 Å². The zero-order valence-electron chi connectivity index (χ0n) is 16.4. The fourth-order valence-electron chi connectivity index (χ4n) is 4.27. The first-order valence-corrected chi connectivity index (χ1v) is 10.4. The van der Waals surface area contributed by atoms with Gasteiger partial charge in [0.1, 0.15) is 0 Å². The van der Waals surface area contributed by atoms with Crippen molar-refractivity contribution in [1.29, 1.82) is 0 Å². The van der Waals surface area contributed by atoms with E-state index in [1.807, 2.05) is 23.1 Å². The smallest absolute Gasteiger partial charge is 0.241 e. The first kappa shape index (κ1) is 19.4. The summed E-state index contributed by atoms with van der Waals surface area (Å²) in [4.78, 5) is 31.2. The van der Waals surface area contributed by atoms with Gasteiger partial charge in [-0.3, -0.25) is 19.4 Å². The Morgan fingerprint density at radius 1 is 1.04 bits per heavy atom. The summed E-state index contributed by atoms with van der Waals surface area (Å²) in [6.07, 6.45) is 3.25. The van der Waals surface area contributed by atoms with E-state index in [4.69, 9.17) is 4.74 Å². The summed E-state index contributed by atoms with van der Waals surface area (Å²) in [6.45, 7) is 6.36. The molecule has 4 rings (SSSR count). The van der Waals surface area contributed by atoms with Gasteiger partial charge in [-0.05, 0) is 30.9 Å². The second kappa shape index (κ2) is 9.03. The first-order valence-electron chi connectivity index (χ1n) is 10.4. The zero-order valence-corrected chi connectivity index (χ0v) is 16.4.